The summed E-state index contributed by atoms with van der Waals surface area (Å²) in [6.45, 7) is 0. The molecule has 1 aromatic carbocycles. The van der Waals surface area contributed by atoms with Crippen LogP contribution in [0.2, 0.25) is 0 Å². The first kappa shape index (κ1) is 10.1. The molecule has 2 N–H and O–H groups in total. The van der Waals surface area contributed by atoms with Crippen LogP contribution in [-0.2, 0) is 11.2 Å². The van der Waals surface area contributed by atoms with E-state index in [1.807, 2.05) is 30.3 Å². The number of nitrogens with one attached hydrogen (secondary N) is 1. The molecule has 0 radical (unpaired) electrons. The van der Waals surface area contributed by atoms with E-state index in [1.165, 1.54) is 0 Å². The Labute approximate surface area is 80.6 Å². The highest BCUT2D eigenvalue weighted by Gasteiger charge is 2.21. The van der Waals surface area contributed by atoms with Crippen molar-refractivity contribution in [3.63, 3.8) is 0 Å². The first-order valence-electron chi connectivity index (χ1n) is 4.07. The largest absolute Gasteiger partial charge is 0.479 e. The Balaban J connectivity index is 2.75. The molecule has 0 aromatic heterocycles. The molecule has 0 heterocycles. The molecule has 0 fully saturated rings. The van der Waals surface area contributed by atoms with E-state index in [2.05, 4.69) is 10.0 Å². The number of carboxylic acids is 1. The first-order valence-corrected chi connectivity index (χ1v) is 4.07. The van der Waals surface area contributed by atoms with Gasteiger partial charge in [0.05, 0.1) is 0 Å². The Morgan fingerprint density at radius 3 is 2.64 bits per heavy atom. The molecule has 5 nitrogen and oxygen atoms in total. The molecule has 1 aromatic rings. The molecular weight excluding hydrogens is 182 g/mol. The van der Waals surface area contributed by atoms with Gasteiger partial charge in [0.2, 0.25) is 11.0 Å². The molecule has 0 spiro atoms. The third-order valence-electron chi connectivity index (χ3n) is 1.75. The van der Waals surface area contributed by atoms with E-state index in [0.29, 0.717) is 0 Å². The number of carboxylic acid groups (broad SMARTS) is 1. The summed E-state index contributed by atoms with van der Waals surface area (Å²) in [6.07, 6.45) is 0.262. The van der Waals surface area contributed by atoms with Gasteiger partial charge in [0, 0.05) is 6.42 Å². The highest BCUT2D eigenvalue weighted by Crippen LogP contribution is 2.05. The Bertz CT molecular complexity index is 356. The molecule has 1 rings (SSSR count). The molecule has 0 aliphatic carbocycles. The van der Waals surface area contributed by atoms with Gasteiger partial charge in [0.25, 0.3) is 0 Å². The van der Waals surface area contributed by atoms with Crippen LogP contribution < -0.4 is 4.91 Å². The van der Waals surface area contributed by atoms with E-state index < -0.39 is 12.0 Å². The third kappa shape index (κ3) is 2.80. The molecule has 14 heavy (non-hydrogen) atoms. The van der Waals surface area contributed by atoms with Gasteiger partial charge in [-0.1, -0.05) is 30.3 Å². The summed E-state index contributed by atoms with van der Waals surface area (Å²) in [5.74, 6) is -1.06. The lowest BCUT2D eigenvalue weighted by Gasteiger charge is -2.00. The second-order valence-electron chi connectivity index (χ2n) is 2.76. The Morgan fingerprint density at radius 2 is 2.14 bits per heavy atom. The number of carbonyl (C=O) groups is 1. The van der Waals surface area contributed by atoms with Gasteiger partial charge in [0.1, 0.15) is 10.6 Å². The zero-order valence-corrected chi connectivity index (χ0v) is 7.42. The van der Waals surface area contributed by atoms with Crippen molar-refractivity contribution in [3.05, 3.63) is 35.9 Å². The van der Waals surface area contributed by atoms with Crippen molar-refractivity contribution in [2.75, 3.05) is 0 Å². The SMILES string of the molecule is N=[N+]=NC(Cc1ccccc1)C(=O)O. The fourth-order valence-electron chi connectivity index (χ4n) is 1.08. The quantitative estimate of drug-likeness (QED) is 0.555. The van der Waals surface area contributed by atoms with Crippen molar-refractivity contribution >= 4 is 5.97 Å². The minimum Gasteiger partial charge on any atom is -0.479 e. The van der Waals surface area contributed by atoms with Crippen LogP contribution in [0, 0.1) is 5.53 Å². The van der Waals surface area contributed by atoms with E-state index in [0.717, 1.165) is 5.56 Å². The van der Waals surface area contributed by atoms with Crippen molar-refractivity contribution in [1.82, 2.24) is 4.91 Å². The summed E-state index contributed by atoms with van der Waals surface area (Å²) in [5, 5.41) is 12.0. The Kier molecular flexibility index (Phi) is 3.52. The van der Waals surface area contributed by atoms with Gasteiger partial charge in [-0.15, -0.1) is 0 Å². The lowest BCUT2D eigenvalue weighted by atomic mass is 10.1. The van der Waals surface area contributed by atoms with E-state index in [4.69, 9.17) is 10.6 Å². The molecule has 0 saturated carbocycles. The number of hydrogen-bond acceptors (Lipinski definition) is 3. The predicted molar refractivity (Wildman–Crippen MR) is 48.9 cm³/mol. The monoisotopic (exact) mass is 192 g/mol. The maximum Gasteiger partial charge on any atom is 0.336 e. The van der Waals surface area contributed by atoms with Crippen LogP contribution in [0.3, 0.4) is 0 Å². The van der Waals surface area contributed by atoms with Crippen molar-refractivity contribution in [3.8, 4) is 0 Å². The van der Waals surface area contributed by atoms with Crippen molar-refractivity contribution in [2.24, 2.45) is 5.11 Å². The molecule has 1 atom stereocenters. The molecule has 0 amide bonds. The fraction of sp³-hybridized carbons (Fsp3) is 0.222. The molecule has 72 valence electrons. The van der Waals surface area contributed by atoms with E-state index in [9.17, 15) is 4.79 Å². The van der Waals surface area contributed by atoms with Crippen LogP contribution in [0.4, 0.5) is 0 Å². The summed E-state index contributed by atoms with van der Waals surface area (Å²) >= 11 is 0. The number of rotatable bonds is 4. The average molecular weight is 192 g/mol. The van der Waals surface area contributed by atoms with E-state index >= 15 is 0 Å². The van der Waals surface area contributed by atoms with Gasteiger partial charge in [0.15, 0.2) is 0 Å². The smallest absolute Gasteiger partial charge is 0.336 e. The maximum atomic E-state index is 10.7. The minimum atomic E-state index is -1.06. The Hall–Kier alpha value is -2.00. The number of benzene rings is 1. The normalized spacial score (nSPS) is 11.4. The second kappa shape index (κ2) is 4.89. The average Bonchev–Trinajstić information content (AvgIpc) is 2.18. The highest BCUT2D eigenvalue weighted by atomic mass is 16.4. The van der Waals surface area contributed by atoms with Crippen LogP contribution in [0.5, 0.6) is 0 Å². The summed E-state index contributed by atoms with van der Waals surface area (Å²) < 4.78 is 0. The molecular formula is C9H10N3O2+. The van der Waals surface area contributed by atoms with Gasteiger partial charge < -0.3 is 5.11 Å². The molecule has 1 unspecified atom stereocenters. The summed E-state index contributed by atoms with van der Waals surface area (Å²) in [7, 11) is 0. The summed E-state index contributed by atoms with van der Waals surface area (Å²) in [6, 6.07) is 8.17. The minimum absolute atomic E-state index is 0.262. The number of nitrogens with zero attached hydrogens (tertiary/aromatic N) is 2. The molecule has 0 bridgehead atoms. The number of hydrogen-bond donors (Lipinski definition) is 2. The van der Waals surface area contributed by atoms with Gasteiger partial charge in [-0.05, 0) is 5.56 Å². The zero-order chi connectivity index (χ0) is 10.4. The van der Waals surface area contributed by atoms with Gasteiger partial charge in [-0.3, -0.25) is 0 Å². The lowest BCUT2D eigenvalue weighted by Crippen LogP contribution is -2.20. The topological polar surface area (TPSA) is 87.6 Å². The van der Waals surface area contributed by atoms with Gasteiger partial charge in [-0.25, -0.2) is 4.79 Å². The van der Waals surface area contributed by atoms with Crippen LogP contribution in [0.1, 0.15) is 5.56 Å². The Morgan fingerprint density at radius 1 is 1.50 bits per heavy atom. The standard InChI is InChI=1S/C9H9N3O2/c10-12-11-8(9(13)14)6-7-4-2-1-3-5-7/h1-5,8,10H,6H2/p+1. The van der Waals surface area contributed by atoms with Crippen LogP contribution in [0.15, 0.2) is 35.4 Å². The second-order valence-corrected chi connectivity index (χ2v) is 2.76. The molecule has 5 heteroatoms. The van der Waals surface area contributed by atoms with E-state index in [1.54, 1.807) is 0 Å². The van der Waals surface area contributed by atoms with Gasteiger partial charge >= 0.3 is 5.97 Å². The van der Waals surface area contributed by atoms with E-state index in [-0.39, 0.29) is 6.42 Å². The molecule has 0 saturated heterocycles. The highest BCUT2D eigenvalue weighted by molar-refractivity contribution is 5.73. The molecule has 0 aliphatic heterocycles. The van der Waals surface area contributed by atoms with Crippen molar-refractivity contribution in [2.45, 2.75) is 12.5 Å². The zero-order valence-electron chi connectivity index (χ0n) is 7.42. The predicted octanol–water partition coefficient (Wildman–Crippen LogP) is 1.23. The van der Waals surface area contributed by atoms with Crippen LogP contribution in [0.25, 0.3) is 0 Å². The first-order chi connectivity index (χ1) is 6.74. The van der Waals surface area contributed by atoms with Gasteiger partial charge in [-0.2, -0.15) is 0 Å². The van der Waals surface area contributed by atoms with Crippen LogP contribution >= 0.6 is 0 Å². The van der Waals surface area contributed by atoms with Crippen molar-refractivity contribution < 1.29 is 9.90 Å². The third-order valence-corrected chi connectivity index (χ3v) is 1.75. The molecule has 0 aliphatic rings. The maximum absolute atomic E-state index is 10.7. The summed E-state index contributed by atoms with van der Waals surface area (Å²) in [4.78, 5) is 13.4. The number of aliphatic carboxylic acids is 1. The fourth-order valence-corrected chi connectivity index (χ4v) is 1.08. The van der Waals surface area contributed by atoms with Crippen LogP contribution in [-0.4, -0.2) is 17.1 Å². The van der Waals surface area contributed by atoms with Crippen molar-refractivity contribution in [1.29, 1.82) is 5.53 Å². The lowest BCUT2D eigenvalue weighted by molar-refractivity contribution is -0.138. The summed E-state index contributed by atoms with van der Waals surface area (Å²) in [5.41, 5.74) is 7.36.